The van der Waals surface area contributed by atoms with E-state index in [1.165, 1.54) is 103 Å². The summed E-state index contributed by atoms with van der Waals surface area (Å²) in [6.07, 6.45) is 6.24. The van der Waals surface area contributed by atoms with Gasteiger partial charge in [0.2, 0.25) is 0 Å². The van der Waals surface area contributed by atoms with Crippen molar-refractivity contribution >= 4 is 23.7 Å². The Morgan fingerprint density at radius 1 is 0.892 bits per heavy atom. The molecule has 0 nitrogen and oxygen atoms in total. The normalized spacial score (nSPS) is 16.0. The SMILES string of the molecule is CC1=Cc2cc3c(cc2C1[c-]1c(C)c(C)c2c(-c4ccc(C(C)(C)C)cc4)cccc21)CCC3.[CH3-].[Si]=[Zr+2]. The van der Waals surface area contributed by atoms with Crippen molar-refractivity contribution in [2.24, 2.45) is 0 Å². The number of benzene rings is 3. The molecule has 2 radical (unpaired) electrons. The summed E-state index contributed by atoms with van der Waals surface area (Å²) in [4.78, 5) is 0. The summed E-state index contributed by atoms with van der Waals surface area (Å²) in [5.74, 6) is 0.371. The molecule has 4 aromatic rings. The molecule has 0 spiro atoms. The van der Waals surface area contributed by atoms with Crippen LogP contribution in [0.25, 0.3) is 28.0 Å². The van der Waals surface area contributed by atoms with Crippen LogP contribution in [0, 0.1) is 21.3 Å². The first-order valence-electron chi connectivity index (χ1n) is 13.1. The summed E-state index contributed by atoms with van der Waals surface area (Å²) in [5.41, 5.74) is 16.2. The molecule has 0 saturated heterocycles. The van der Waals surface area contributed by atoms with E-state index in [1.54, 1.807) is 11.1 Å². The van der Waals surface area contributed by atoms with Gasteiger partial charge in [0.1, 0.15) is 0 Å². The fourth-order valence-corrected chi connectivity index (χ4v) is 6.53. The Kier molecular flexibility index (Phi) is 8.14. The standard InChI is InChI=1S/C34H35.CH3.Si.Zr/c1-20-17-26-18-24-9-7-10-25(24)19-30(26)31(20)33-22(3)21(2)32-28(11-8-12-29(32)33)23-13-15-27(16-14-23)34(4,5)6;;;/h8,11-19,31H,7,9-10H2,1-6H3;1H3;;/q2*-1;;+2. The molecule has 2 aliphatic carbocycles. The zero-order valence-electron chi connectivity index (χ0n) is 23.5. The molecule has 186 valence electrons. The van der Waals surface area contributed by atoms with Crippen molar-refractivity contribution in [3.63, 3.8) is 0 Å². The minimum absolute atomic E-state index is 0. The molecule has 6 rings (SSSR count). The monoisotopic (exact) mass is 576 g/mol. The van der Waals surface area contributed by atoms with Crippen molar-refractivity contribution in [2.75, 3.05) is 0 Å². The van der Waals surface area contributed by atoms with Gasteiger partial charge in [-0.25, -0.2) is 0 Å². The maximum atomic E-state index is 3.06. The molecular weight excluding hydrogens is 540 g/mol. The maximum absolute atomic E-state index is 3.06. The third-order valence-electron chi connectivity index (χ3n) is 8.49. The Hall–Kier alpha value is -1.89. The van der Waals surface area contributed by atoms with Crippen LogP contribution in [-0.2, 0) is 41.6 Å². The van der Waals surface area contributed by atoms with Crippen molar-refractivity contribution < 1.29 is 23.3 Å². The van der Waals surface area contributed by atoms with Crippen LogP contribution in [0.2, 0.25) is 0 Å². The molecule has 0 saturated carbocycles. The van der Waals surface area contributed by atoms with Gasteiger partial charge in [0, 0.05) is 0 Å². The molecule has 1 unspecified atom stereocenters. The molecule has 4 aromatic carbocycles. The molecule has 0 bridgehead atoms. The van der Waals surface area contributed by atoms with Crippen LogP contribution >= 0.6 is 0 Å². The van der Waals surface area contributed by atoms with Crippen molar-refractivity contribution in [2.45, 2.75) is 72.1 Å². The first-order chi connectivity index (χ1) is 17.2. The van der Waals surface area contributed by atoms with Crippen LogP contribution in [0.15, 0.2) is 60.2 Å². The third-order valence-corrected chi connectivity index (χ3v) is 8.49. The average Bonchev–Trinajstić information content (AvgIpc) is 3.52. The Balaban J connectivity index is 0.00000104. The number of hydrogen-bond acceptors (Lipinski definition) is 0. The average molecular weight is 578 g/mol. The second kappa shape index (κ2) is 10.7. The van der Waals surface area contributed by atoms with Gasteiger partial charge in [-0.15, -0.1) is 34.0 Å². The van der Waals surface area contributed by atoms with Gasteiger partial charge >= 0.3 is 30.2 Å². The molecule has 2 heteroatoms. The molecule has 0 N–H and O–H groups in total. The molecular formula is C35H38SiZr. The summed E-state index contributed by atoms with van der Waals surface area (Å²) >= 11 is 1.36. The van der Waals surface area contributed by atoms with E-state index < -0.39 is 0 Å². The Morgan fingerprint density at radius 2 is 1.54 bits per heavy atom. The topological polar surface area (TPSA) is 0 Å². The first kappa shape index (κ1) is 28.1. The van der Waals surface area contributed by atoms with E-state index in [0.29, 0.717) is 5.92 Å². The van der Waals surface area contributed by atoms with E-state index in [4.69, 9.17) is 0 Å². The molecule has 0 heterocycles. The van der Waals surface area contributed by atoms with Crippen molar-refractivity contribution in [3.05, 3.63) is 112 Å². The van der Waals surface area contributed by atoms with Crippen LogP contribution in [0.3, 0.4) is 0 Å². The van der Waals surface area contributed by atoms with Gasteiger partial charge in [-0.05, 0) is 70.9 Å². The zero-order valence-corrected chi connectivity index (χ0v) is 26.9. The molecule has 0 amide bonds. The zero-order chi connectivity index (χ0) is 25.8. The third kappa shape index (κ3) is 4.74. The molecule has 0 aromatic heterocycles. The predicted octanol–water partition coefficient (Wildman–Crippen LogP) is 9.24. The molecule has 0 fully saturated rings. The van der Waals surface area contributed by atoms with Gasteiger partial charge in [0.15, 0.2) is 0 Å². The van der Waals surface area contributed by atoms with Crippen LogP contribution in [-0.4, -0.2) is 6.88 Å². The summed E-state index contributed by atoms with van der Waals surface area (Å²) in [7, 11) is 0. The van der Waals surface area contributed by atoms with E-state index in [-0.39, 0.29) is 12.8 Å². The minimum atomic E-state index is 0. The van der Waals surface area contributed by atoms with E-state index in [2.05, 4.69) is 109 Å². The van der Waals surface area contributed by atoms with E-state index >= 15 is 0 Å². The van der Waals surface area contributed by atoms with Gasteiger partial charge in [-0.2, -0.15) is 5.56 Å². The Labute approximate surface area is 241 Å². The van der Waals surface area contributed by atoms with Crippen molar-refractivity contribution in [1.82, 2.24) is 0 Å². The second-order valence-electron chi connectivity index (χ2n) is 11.6. The van der Waals surface area contributed by atoms with Gasteiger partial charge in [0.25, 0.3) is 0 Å². The fraction of sp³-hybridized carbons (Fsp3) is 0.314. The van der Waals surface area contributed by atoms with E-state index in [9.17, 15) is 0 Å². The molecule has 1 atom stereocenters. The number of allylic oxidation sites excluding steroid dienone is 1. The van der Waals surface area contributed by atoms with Gasteiger partial charge in [-0.3, -0.25) is 0 Å². The van der Waals surface area contributed by atoms with Crippen LogP contribution in [0.1, 0.15) is 84.5 Å². The summed E-state index contributed by atoms with van der Waals surface area (Å²) in [6, 6.07) is 21.2. The second-order valence-corrected chi connectivity index (χ2v) is 11.6. The number of hydrogen-bond donors (Lipinski definition) is 0. The van der Waals surface area contributed by atoms with Gasteiger partial charge in [0.05, 0.1) is 0 Å². The molecule has 37 heavy (non-hydrogen) atoms. The predicted molar refractivity (Wildman–Crippen MR) is 159 cm³/mol. The van der Waals surface area contributed by atoms with Crippen molar-refractivity contribution in [3.8, 4) is 11.1 Å². The van der Waals surface area contributed by atoms with Crippen LogP contribution in [0.5, 0.6) is 0 Å². The number of aryl methyl sites for hydroxylation is 3. The first-order valence-corrected chi connectivity index (χ1v) is 17.3. The van der Waals surface area contributed by atoms with Gasteiger partial charge < -0.3 is 7.43 Å². The molecule has 0 aliphatic heterocycles. The fourth-order valence-electron chi connectivity index (χ4n) is 6.53. The quantitative estimate of drug-likeness (QED) is 0.164. The van der Waals surface area contributed by atoms with Crippen molar-refractivity contribution in [1.29, 1.82) is 0 Å². The number of fused-ring (bicyclic) bond motifs is 3. The Morgan fingerprint density at radius 3 is 2.19 bits per heavy atom. The van der Waals surface area contributed by atoms with E-state index in [0.717, 1.165) is 0 Å². The summed E-state index contributed by atoms with van der Waals surface area (Å²) in [5, 5.41) is 2.86. The summed E-state index contributed by atoms with van der Waals surface area (Å²) < 4.78 is 0. The van der Waals surface area contributed by atoms with E-state index in [1.807, 2.05) is 0 Å². The Bertz CT molecular complexity index is 1490. The van der Waals surface area contributed by atoms with Crippen LogP contribution in [0.4, 0.5) is 0 Å². The number of rotatable bonds is 2. The summed E-state index contributed by atoms with van der Waals surface area (Å²) in [6.45, 7) is 16.9. The van der Waals surface area contributed by atoms with Crippen LogP contribution < -0.4 is 0 Å². The molecule has 2 aliphatic rings. The van der Waals surface area contributed by atoms with Gasteiger partial charge in [-0.1, -0.05) is 94.3 Å².